The zero-order valence-corrected chi connectivity index (χ0v) is 13.7. The van der Waals surface area contributed by atoms with Crippen LogP contribution in [0.2, 0.25) is 0 Å². The molecule has 4 heteroatoms. The molecule has 0 saturated heterocycles. The summed E-state index contributed by atoms with van der Waals surface area (Å²) < 4.78 is 5.37. The van der Waals surface area contributed by atoms with Crippen molar-refractivity contribution in [1.29, 1.82) is 0 Å². The smallest absolute Gasteiger partial charge is 0.257 e. The minimum absolute atomic E-state index is 0.537. The standard InChI is InChI=1S/C21H17N3O/c1-2-5-16(6-3-1)21-23-19(24-25-21)13-22-18-12-11-15-10-9-14-7-4-8-17(18)20(14)15/h1-8,11-12,22H,9-10,13H2. The first-order chi connectivity index (χ1) is 12.4. The predicted molar refractivity (Wildman–Crippen MR) is 98.4 cm³/mol. The van der Waals surface area contributed by atoms with E-state index >= 15 is 0 Å². The van der Waals surface area contributed by atoms with Crippen molar-refractivity contribution in [3.8, 4) is 11.5 Å². The highest BCUT2D eigenvalue weighted by atomic mass is 16.5. The third-order valence-corrected chi connectivity index (χ3v) is 4.80. The molecule has 0 radical (unpaired) electrons. The van der Waals surface area contributed by atoms with Gasteiger partial charge in [-0.3, -0.25) is 0 Å². The summed E-state index contributed by atoms with van der Waals surface area (Å²) in [6, 6.07) is 20.8. The van der Waals surface area contributed by atoms with Crippen LogP contribution in [0.3, 0.4) is 0 Å². The van der Waals surface area contributed by atoms with E-state index in [4.69, 9.17) is 4.52 Å². The number of anilines is 1. The molecule has 0 atom stereocenters. The Morgan fingerprint density at radius 3 is 2.60 bits per heavy atom. The van der Waals surface area contributed by atoms with E-state index in [-0.39, 0.29) is 0 Å². The van der Waals surface area contributed by atoms with Crippen LogP contribution in [0.5, 0.6) is 0 Å². The van der Waals surface area contributed by atoms with Crippen molar-refractivity contribution in [2.45, 2.75) is 19.4 Å². The summed E-state index contributed by atoms with van der Waals surface area (Å²) in [5.41, 5.74) is 4.95. The lowest BCUT2D eigenvalue weighted by Gasteiger charge is -2.10. The number of nitrogens with zero attached hydrogens (tertiary/aromatic N) is 2. The minimum atomic E-state index is 0.537. The average Bonchev–Trinajstić information content (AvgIpc) is 3.31. The number of hydrogen-bond donors (Lipinski definition) is 1. The van der Waals surface area contributed by atoms with Gasteiger partial charge >= 0.3 is 0 Å². The van der Waals surface area contributed by atoms with E-state index < -0.39 is 0 Å². The lowest BCUT2D eigenvalue weighted by molar-refractivity contribution is 0.423. The molecule has 1 aliphatic rings. The van der Waals surface area contributed by atoms with Gasteiger partial charge in [0.15, 0.2) is 5.82 Å². The molecule has 0 aliphatic heterocycles. The third kappa shape index (κ3) is 2.47. The largest absolute Gasteiger partial charge is 0.377 e. The first-order valence-corrected chi connectivity index (χ1v) is 8.54. The highest BCUT2D eigenvalue weighted by Crippen LogP contribution is 2.35. The fourth-order valence-electron chi connectivity index (χ4n) is 3.60. The maximum atomic E-state index is 5.37. The van der Waals surface area contributed by atoms with Gasteiger partial charge in [0.05, 0.1) is 6.54 Å². The highest BCUT2D eigenvalue weighted by Gasteiger charge is 2.16. The Bertz CT molecular complexity index is 1040. The summed E-state index contributed by atoms with van der Waals surface area (Å²) in [5, 5.41) is 10.2. The molecule has 3 aromatic carbocycles. The van der Waals surface area contributed by atoms with Gasteiger partial charge in [-0.1, -0.05) is 47.6 Å². The second-order valence-electron chi connectivity index (χ2n) is 6.35. The van der Waals surface area contributed by atoms with Crippen molar-refractivity contribution in [2.75, 3.05) is 5.32 Å². The Hall–Kier alpha value is -3.14. The SMILES string of the molecule is c1ccc(-c2nc(CNc3ccc4c5c(cccc35)CC4)no2)cc1. The summed E-state index contributed by atoms with van der Waals surface area (Å²) in [6.07, 6.45) is 2.28. The number of nitrogens with one attached hydrogen (secondary N) is 1. The quantitative estimate of drug-likeness (QED) is 0.595. The second kappa shape index (κ2) is 5.74. The molecular formula is C21H17N3O. The highest BCUT2D eigenvalue weighted by molar-refractivity contribution is 5.99. The van der Waals surface area contributed by atoms with E-state index in [9.17, 15) is 0 Å². The van der Waals surface area contributed by atoms with E-state index in [2.05, 4.69) is 45.8 Å². The maximum absolute atomic E-state index is 5.37. The summed E-state index contributed by atoms with van der Waals surface area (Å²) in [5.74, 6) is 1.21. The molecule has 0 bridgehead atoms. The van der Waals surface area contributed by atoms with Gasteiger partial charge in [0.25, 0.3) is 5.89 Å². The Morgan fingerprint density at radius 2 is 1.72 bits per heavy atom. The predicted octanol–water partition coefficient (Wildman–Crippen LogP) is 4.60. The molecule has 0 saturated carbocycles. The normalized spacial score (nSPS) is 12.6. The molecule has 1 aromatic heterocycles. The molecule has 0 spiro atoms. The van der Waals surface area contributed by atoms with Gasteiger partial charge in [-0.15, -0.1) is 0 Å². The zero-order valence-electron chi connectivity index (χ0n) is 13.7. The molecule has 4 aromatic rings. The zero-order chi connectivity index (χ0) is 16.6. The van der Waals surface area contributed by atoms with Gasteiger partial charge in [-0.25, -0.2) is 0 Å². The molecule has 1 aliphatic carbocycles. The van der Waals surface area contributed by atoms with Crippen molar-refractivity contribution in [1.82, 2.24) is 10.1 Å². The summed E-state index contributed by atoms with van der Waals surface area (Å²) in [7, 11) is 0. The van der Waals surface area contributed by atoms with Crippen molar-refractivity contribution in [3.05, 3.63) is 77.6 Å². The lowest BCUT2D eigenvalue weighted by atomic mass is 10.0. The topological polar surface area (TPSA) is 51.0 Å². The number of benzene rings is 3. The molecule has 1 N–H and O–H groups in total. The molecule has 1 heterocycles. The van der Waals surface area contributed by atoms with Gasteiger partial charge in [-0.2, -0.15) is 4.98 Å². The van der Waals surface area contributed by atoms with E-state index in [1.807, 2.05) is 30.3 Å². The first kappa shape index (κ1) is 14.2. The van der Waals surface area contributed by atoms with Gasteiger partial charge in [0.1, 0.15) is 0 Å². The number of hydrogen-bond acceptors (Lipinski definition) is 4. The van der Waals surface area contributed by atoms with E-state index in [0.29, 0.717) is 18.3 Å². The van der Waals surface area contributed by atoms with E-state index in [0.717, 1.165) is 24.1 Å². The number of aryl methyl sites for hydroxylation is 2. The molecular weight excluding hydrogens is 310 g/mol. The van der Waals surface area contributed by atoms with Gasteiger partial charge in [-0.05, 0) is 47.6 Å². The Morgan fingerprint density at radius 1 is 0.880 bits per heavy atom. The summed E-state index contributed by atoms with van der Waals surface area (Å²) >= 11 is 0. The number of rotatable bonds is 4. The van der Waals surface area contributed by atoms with Crippen LogP contribution >= 0.6 is 0 Å². The van der Waals surface area contributed by atoms with Crippen LogP contribution in [0.25, 0.3) is 22.2 Å². The van der Waals surface area contributed by atoms with Crippen molar-refractivity contribution < 1.29 is 4.52 Å². The van der Waals surface area contributed by atoms with E-state index in [1.165, 1.54) is 21.9 Å². The van der Waals surface area contributed by atoms with Gasteiger partial charge in [0, 0.05) is 16.6 Å². The van der Waals surface area contributed by atoms with Gasteiger partial charge < -0.3 is 9.84 Å². The first-order valence-electron chi connectivity index (χ1n) is 8.54. The Kier molecular flexibility index (Phi) is 3.27. The summed E-state index contributed by atoms with van der Waals surface area (Å²) in [4.78, 5) is 4.48. The fraction of sp³-hybridized carbons (Fsp3) is 0.143. The van der Waals surface area contributed by atoms with Crippen LogP contribution in [0.4, 0.5) is 5.69 Å². The number of aromatic nitrogens is 2. The van der Waals surface area contributed by atoms with Crippen LogP contribution in [0, 0.1) is 0 Å². The molecule has 0 amide bonds. The van der Waals surface area contributed by atoms with Crippen molar-refractivity contribution >= 4 is 16.5 Å². The monoisotopic (exact) mass is 327 g/mol. The van der Waals surface area contributed by atoms with Crippen molar-refractivity contribution in [3.63, 3.8) is 0 Å². The van der Waals surface area contributed by atoms with Crippen LogP contribution in [0.15, 0.2) is 65.2 Å². The Labute approximate surface area is 145 Å². The minimum Gasteiger partial charge on any atom is -0.377 e. The molecule has 0 unspecified atom stereocenters. The molecule has 122 valence electrons. The molecule has 0 fully saturated rings. The van der Waals surface area contributed by atoms with Crippen LogP contribution in [0.1, 0.15) is 17.0 Å². The van der Waals surface area contributed by atoms with Gasteiger partial charge in [0.2, 0.25) is 0 Å². The lowest BCUT2D eigenvalue weighted by Crippen LogP contribution is -2.02. The third-order valence-electron chi connectivity index (χ3n) is 4.80. The van der Waals surface area contributed by atoms with Crippen molar-refractivity contribution in [2.24, 2.45) is 0 Å². The van der Waals surface area contributed by atoms with E-state index in [1.54, 1.807) is 0 Å². The second-order valence-corrected chi connectivity index (χ2v) is 6.35. The summed E-state index contributed by atoms with van der Waals surface area (Å²) in [6.45, 7) is 0.537. The maximum Gasteiger partial charge on any atom is 0.257 e. The molecule has 5 rings (SSSR count). The molecule has 4 nitrogen and oxygen atoms in total. The Balaban J connectivity index is 1.41. The van der Waals surface area contributed by atoms with Crippen LogP contribution in [-0.4, -0.2) is 10.1 Å². The molecule has 25 heavy (non-hydrogen) atoms. The van der Waals surface area contributed by atoms with Crippen LogP contribution in [-0.2, 0) is 19.4 Å². The average molecular weight is 327 g/mol. The van der Waals surface area contributed by atoms with Crippen LogP contribution < -0.4 is 5.32 Å². The fourth-order valence-corrected chi connectivity index (χ4v) is 3.60.